The maximum atomic E-state index is 14.0. The van der Waals surface area contributed by atoms with Crippen LogP contribution in [0, 0.1) is 5.92 Å². The lowest BCUT2D eigenvalue weighted by molar-refractivity contribution is -0.122. The van der Waals surface area contributed by atoms with E-state index in [2.05, 4.69) is 5.32 Å². The third kappa shape index (κ3) is 5.06. The van der Waals surface area contributed by atoms with Crippen molar-refractivity contribution in [2.75, 3.05) is 31.5 Å². The van der Waals surface area contributed by atoms with Gasteiger partial charge in [0, 0.05) is 16.5 Å². The number of ether oxygens (including phenoxy) is 3. The van der Waals surface area contributed by atoms with Gasteiger partial charge in [0.15, 0.2) is 11.5 Å². The molecule has 2 unspecified atom stereocenters. The second-order valence-corrected chi connectivity index (χ2v) is 12.0. The number of imide groups is 1. The Hall–Kier alpha value is -4.55. The molecule has 3 aromatic carbocycles. The fourth-order valence-corrected chi connectivity index (χ4v) is 8.28. The Morgan fingerprint density at radius 3 is 2.26 bits per heavy atom. The molecule has 0 radical (unpaired) electrons. The van der Waals surface area contributed by atoms with E-state index in [0.717, 1.165) is 23.1 Å². The van der Waals surface area contributed by atoms with Crippen LogP contribution >= 0.6 is 23.1 Å². The summed E-state index contributed by atoms with van der Waals surface area (Å²) in [6, 6.07) is 21.0. The number of thiazole rings is 1. The van der Waals surface area contributed by atoms with Crippen molar-refractivity contribution in [3.63, 3.8) is 0 Å². The molecule has 3 heterocycles. The summed E-state index contributed by atoms with van der Waals surface area (Å²) in [6.07, 6.45) is 0. The van der Waals surface area contributed by atoms with Gasteiger partial charge in [0.25, 0.3) is 0 Å². The highest BCUT2D eigenvalue weighted by Gasteiger charge is 2.57. The van der Waals surface area contributed by atoms with Gasteiger partial charge in [-0.05, 0) is 54.1 Å². The van der Waals surface area contributed by atoms with Crippen molar-refractivity contribution in [2.45, 2.75) is 22.7 Å². The summed E-state index contributed by atoms with van der Waals surface area (Å²) in [5.74, 6) is -0.907. The Labute approximate surface area is 255 Å². The first-order valence-corrected chi connectivity index (χ1v) is 15.0. The van der Waals surface area contributed by atoms with Gasteiger partial charge >= 0.3 is 4.87 Å². The molecule has 1 saturated heterocycles. The lowest BCUT2D eigenvalue weighted by atomic mass is 9.83. The molecule has 43 heavy (non-hydrogen) atoms. The van der Waals surface area contributed by atoms with Crippen LogP contribution < -0.4 is 29.3 Å². The van der Waals surface area contributed by atoms with Gasteiger partial charge in [0.05, 0.1) is 38.0 Å². The zero-order valence-electron chi connectivity index (χ0n) is 23.4. The van der Waals surface area contributed by atoms with E-state index in [0.29, 0.717) is 44.1 Å². The molecule has 10 nitrogen and oxygen atoms in total. The van der Waals surface area contributed by atoms with Gasteiger partial charge in [-0.15, -0.1) is 0 Å². The monoisotopic (exact) mass is 617 g/mol. The standard InChI is InChI=1S/C31H27N3O7S2/c1-39-20-12-10-18(11-13-20)32-23(35)16-33-30-27(43-31(33)38)24(17-9-14-21(40-2)22(15-17)41-3)25-26(42-30)29(37)34(28(25)36)19-7-5-4-6-8-19/h4-15,24-26H,16H2,1-3H3,(H,32,35)/t24-,25?,26?/m1/s1. The summed E-state index contributed by atoms with van der Waals surface area (Å²) >= 11 is 2.14. The number of thioether (sulfide) groups is 1. The van der Waals surface area contributed by atoms with Gasteiger partial charge in [-0.2, -0.15) is 0 Å². The highest BCUT2D eigenvalue weighted by molar-refractivity contribution is 8.00. The van der Waals surface area contributed by atoms with Crippen molar-refractivity contribution in [3.8, 4) is 17.2 Å². The van der Waals surface area contributed by atoms with E-state index >= 15 is 0 Å². The smallest absolute Gasteiger partial charge is 0.308 e. The second-order valence-electron chi connectivity index (χ2n) is 9.90. The summed E-state index contributed by atoms with van der Waals surface area (Å²) in [5.41, 5.74) is 1.73. The van der Waals surface area contributed by atoms with Crippen molar-refractivity contribution < 1.29 is 28.6 Å². The average molecular weight is 618 g/mol. The summed E-state index contributed by atoms with van der Waals surface area (Å²) in [6.45, 7) is -0.260. The zero-order chi connectivity index (χ0) is 30.2. The van der Waals surface area contributed by atoms with Gasteiger partial charge in [0.2, 0.25) is 17.7 Å². The highest BCUT2D eigenvalue weighted by Crippen LogP contribution is 2.54. The van der Waals surface area contributed by atoms with Gasteiger partial charge in [0.1, 0.15) is 17.5 Å². The van der Waals surface area contributed by atoms with E-state index in [1.807, 2.05) is 12.1 Å². The Kier molecular flexibility index (Phi) is 7.72. The number of fused-ring (bicyclic) bond motifs is 2. The number of rotatable bonds is 8. The lowest BCUT2D eigenvalue weighted by Crippen LogP contribution is -2.33. The molecule has 3 amide bonds. The summed E-state index contributed by atoms with van der Waals surface area (Å²) in [5, 5.41) is 2.50. The lowest BCUT2D eigenvalue weighted by Gasteiger charge is -2.31. The number of carbonyl (C=O) groups excluding carboxylic acids is 3. The number of para-hydroxylation sites is 1. The molecule has 1 aromatic heterocycles. The normalized spacial score (nSPS) is 19.0. The fraction of sp³-hybridized carbons (Fsp3) is 0.226. The highest BCUT2D eigenvalue weighted by atomic mass is 32.2. The first-order valence-electron chi connectivity index (χ1n) is 13.3. The van der Waals surface area contributed by atoms with Crippen LogP contribution in [0.5, 0.6) is 17.2 Å². The Morgan fingerprint density at radius 2 is 1.58 bits per heavy atom. The molecule has 220 valence electrons. The molecular weight excluding hydrogens is 590 g/mol. The van der Waals surface area contributed by atoms with Crippen LogP contribution in [0.1, 0.15) is 16.4 Å². The number of nitrogens with one attached hydrogen (secondary N) is 1. The van der Waals surface area contributed by atoms with E-state index in [9.17, 15) is 19.2 Å². The number of benzene rings is 3. The van der Waals surface area contributed by atoms with Crippen LogP contribution in [-0.2, 0) is 20.9 Å². The summed E-state index contributed by atoms with van der Waals surface area (Å²) < 4.78 is 17.5. The quantitative estimate of drug-likeness (QED) is 0.290. The average Bonchev–Trinajstić information content (AvgIpc) is 3.47. The number of anilines is 2. The number of carbonyl (C=O) groups is 3. The van der Waals surface area contributed by atoms with E-state index in [1.165, 1.54) is 23.7 Å². The van der Waals surface area contributed by atoms with E-state index in [-0.39, 0.29) is 23.2 Å². The first kappa shape index (κ1) is 28.6. The number of aromatic nitrogens is 1. The van der Waals surface area contributed by atoms with Crippen molar-refractivity contribution in [1.29, 1.82) is 0 Å². The molecule has 4 aromatic rings. The van der Waals surface area contributed by atoms with E-state index in [1.54, 1.807) is 67.8 Å². The molecule has 0 saturated carbocycles. The molecular formula is C31H27N3O7S2. The van der Waals surface area contributed by atoms with Crippen LogP contribution in [0.15, 0.2) is 82.6 Å². The topological polar surface area (TPSA) is 116 Å². The van der Waals surface area contributed by atoms with Crippen LogP contribution in [0.2, 0.25) is 0 Å². The van der Waals surface area contributed by atoms with Crippen molar-refractivity contribution in [3.05, 3.63) is 92.9 Å². The molecule has 3 atom stereocenters. The summed E-state index contributed by atoms with van der Waals surface area (Å²) in [4.78, 5) is 55.9. The summed E-state index contributed by atoms with van der Waals surface area (Å²) in [7, 11) is 4.60. The number of nitrogens with zero attached hydrogens (tertiary/aromatic N) is 2. The maximum Gasteiger partial charge on any atom is 0.308 e. The number of methoxy groups -OCH3 is 3. The van der Waals surface area contributed by atoms with Crippen molar-refractivity contribution in [2.24, 2.45) is 5.92 Å². The molecule has 0 aliphatic carbocycles. The molecule has 0 bridgehead atoms. The minimum absolute atomic E-state index is 0.260. The van der Waals surface area contributed by atoms with Crippen molar-refractivity contribution in [1.82, 2.24) is 4.57 Å². The van der Waals surface area contributed by atoms with Gasteiger partial charge in [-0.25, -0.2) is 4.90 Å². The molecule has 2 aliphatic rings. The SMILES string of the molecule is COc1ccc(NC(=O)Cn2c3c(sc2=O)[C@H](c2ccc(OC)c(OC)c2)C2C(=O)N(c4ccccc4)C(=O)C2S3)cc1. The number of amides is 3. The minimum Gasteiger partial charge on any atom is -0.497 e. The molecule has 2 aliphatic heterocycles. The van der Waals surface area contributed by atoms with Crippen LogP contribution in [0.3, 0.4) is 0 Å². The maximum absolute atomic E-state index is 14.0. The predicted molar refractivity (Wildman–Crippen MR) is 164 cm³/mol. The zero-order valence-corrected chi connectivity index (χ0v) is 25.1. The Bertz CT molecular complexity index is 1770. The minimum atomic E-state index is -0.803. The number of hydrogen-bond donors (Lipinski definition) is 1. The van der Waals surface area contributed by atoms with Crippen molar-refractivity contribution >= 4 is 52.2 Å². The Balaban J connectivity index is 1.42. The van der Waals surface area contributed by atoms with Gasteiger partial charge in [-0.3, -0.25) is 23.7 Å². The Morgan fingerprint density at radius 1 is 0.860 bits per heavy atom. The van der Waals surface area contributed by atoms with E-state index < -0.39 is 23.0 Å². The largest absolute Gasteiger partial charge is 0.497 e. The second kappa shape index (κ2) is 11.6. The predicted octanol–water partition coefficient (Wildman–Crippen LogP) is 4.37. The molecule has 12 heteroatoms. The third-order valence-electron chi connectivity index (χ3n) is 7.51. The van der Waals surface area contributed by atoms with Gasteiger partial charge in [-0.1, -0.05) is 47.4 Å². The van der Waals surface area contributed by atoms with Crippen LogP contribution in [-0.4, -0.2) is 48.9 Å². The van der Waals surface area contributed by atoms with Crippen LogP contribution in [0.25, 0.3) is 0 Å². The van der Waals surface area contributed by atoms with E-state index in [4.69, 9.17) is 14.2 Å². The molecule has 0 spiro atoms. The molecule has 1 N–H and O–H groups in total. The third-order valence-corrected chi connectivity index (χ3v) is 10.1. The fourth-order valence-electron chi connectivity index (χ4n) is 5.51. The first-order chi connectivity index (χ1) is 20.8. The molecule has 6 rings (SSSR count). The van der Waals surface area contributed by atoms with Gasteiger partial charge < -0.3 is 19.5 Å². The van der Waals surface area contributed by atoms with Crippen LogP contribution in [0.4, 0.5) is 11.4 Å². The number of hydrogen-bond acceptors (Lipinski definition) is 9. The molecule has 1 fully saturated rings.